The minimum atomic E-state index is -0.986. The highest BCUT2D eigenvalue weighted by Crippen LogP contribution is 2.26. The van der Waals surface area contributed by atoms with E-state index < -0.39 is 12.0 Å². The van der Waals surface area contributed by atoms with E-state index >= 15 is 0 Å². The van der Waals surface area contributed by atoms with Crippen LogP contribution in [0.25, 0.3) is 6.08 Å². The fraction of sp³-hybridized carbons (Fsp3) is 0.286. The Morgan fingerprint density at radius 1 is 1.33 bits per heavy atom. The van der Waals surface area contributed by atoms with Gasteiger partial charge in [-0.25, -0.2) is 4.79 Å². The predicted molar refractivity (Wildman–Crippen MR) is 86.0 cm³/mol. The van der Waals surface area contributed by atoms with Crippen LogP contribution in [0.5, 0.6) is 0 Å². The van der Waals surface area contributed by atoms with Crippen molar-refractivity contribution in [2.45, 2.75) is 6.04 Å². The highest BCUT2D eigenvalue weighted by molar-refractivity contribution is 7.99. The Bertz CT molecular complexity index is 571. The van der Waals surface area contributed by atoms with Crippen molar-refractivity contribution in [2.24, 2.45) is 0 Å². The lowest BCUT2D eigenvalue weighted by Gasteiger charge is -2.31. The molecule has 1 heterocycles. The van der Waals surface area contributed by atoms with Crippen molar-refractivity contribution in [3.8, 4) is 0 Å². The molecule has 1 saturated heterocycles. The number of carbonyl (C=O) groups is 2. The van der Waals surface area contributed by atoms with Gasteiger partial charge in [0.15, 0.2) is 0 Å². The van der Waals surface area contributed by atoms with E-state index in [4.69, 9.17) is 28.3 Å². The zero-order chi connectivity index (χ0) is 15.4. The third-order valence-corrected chi connectivity index (χ3v) is 4.77. The van der Waals surface area contributed by atoms with Crippen molar-refractivity contribution in [3.63, 3.8) is 0 Å². The SMILES string of the molecule is O=C(O)C1CSCCN1C(=O)/C=C/c1c(Cl)cccc1Cl. The molecule has 0 aromatic heterocycles. The van der Waals surface area contributed by atoms with Crippen molar-refractivity contribution in [3.05, 3.63) is 39.9 Å². The number of halogens is 2. The lowest BCUT2D eigenvalue weighted by Crippen LogP contribution is -2.49. The highest BCUT2D eigenvalue weighted by atomic mass is 35.5. The maximum Gasteiger partial charge on any atom is 0.327 e. The standard InChI is InChI=1S/C14H13Cl2NO3S/c15-10-2-1-3-11(16)9(10)4-5-13(18)17-6-7-21-8-12(17)14(19)20/h1-5,12H,6-8H2,(H,19,20)/b5-4+. The van der Waals surface area contributed by atoms with E-state index in [2.05, 4.69) is 0 Å². The first kappa shape index (κ1) is 16.2. The van der Waals surface area contributed by atoms with Gasteiger partial charge >= 0.3 is 5.97 Å². The Kier molecular flexibility index (Phi) is 5.56. The molecule has 1 aliphatic heterocycles. The average Bonchev–Trinajstić information content (AvgIpc) is 2.46. The highest BCUT2D eigenvalue weighted by Gasteiger charge is 2.31. The molecular formula is C14H13Cl2NO3S. The first-order valence-corrected chi connectivity index (χ1v) is 8.15. The molecule has 21 heavy (non-hydrogen) atoms. The monoisotopic (exact) mass is 345 g/mol. The molecule has 112 valence electrons. The van der Waals surface area contributed by atoms with Crippen LogP contribution in [0.15, 0.2) is 24.3 Å². The third-order valence-electron chi connectivity index (χ3n) is 3.09. The Labute approximate surface area is 136 Å². The largest absolute Gasteiger partial charge is 0.480 e. The summed E-state index contributed by atoms with van der Waals surface area (Å²) in [5, 5.41) is 10.0. The summed E-state index contributed by atoms with van der Waals surface area (Å²) in [7, 11) is 0. The minimum Gasteiger partial charge on any atom is -0.480 e. The molecule has 4 nitrogen and oxygen atoms in total. The van der Waals surface area contributed by atoms with Gasteiger partial charge in [0.1, 0.15) is 6.04 Å². The van der Waals surface area contributed by atoms with Gasteiger partial charge in [0.2, 0.25) is 5.91 Å². The average molecular weight is 346 g/mol. The summed E-state index contributed by atoms with van der Waals surface area (Å²) in [6.45, 7) is 0.418. The molecule has 1 aliphatic rings. The molecule has 0 saturated carbocycles. The molecule has 1 atom stereocenters. The second-order valence-electron chi connectivity index (χ2n) is 4.43. The molecule has 2 rings (SSSR count). The van der Waals surface area contributed by atoms with Crippen molar-refractivity contribution in [1.29, 1.82) is 0 Å². The van der Waals surface area contributed by atoms with E-state index in [1.807, 2.05) is 0 Å². The van der Waals surface area contributed by atoms with Crippen LogP contribution < -0.4 is 0 Å². The van der Waals surface area contributed by atoms with E-state index in [1.165, 1.54) is 28.8 Å². The molecule has 1 amide bonds. The van der Waals surface area contributed by atoms with Gasteiger partial charge in [-0.15, -0.1) is 0 Å². The Morgan fingerprint density at radius 3 is 2.62 bits per heavy atom. The quantitative estimate of drug-likeness (QED) is 0.855. The lowest BCUT2D eigenvalue weighted by molar-refractivity contribution is -0.147. The molecular weight excluding hydrogens is 333 g/mol. The van der Waals surface area contributed by atoms with Crippen molar-refractivity contribution >= 4 is 52.9 Å². The second kappa shape index (κ2) is 7.20. The molecule has 0 bridgehead atoms. The smallest absolute Gasteiger partial charge is 0.327 e. The van der Waals surface area contributed by atoms with E-state index in [9.17, 15) is 9.59 Å². The number of nitrogens with zero attached hydrogens (tertiary/aromatic N) is 1. The number of hydrogen-bond donors (Lipinski definition) is 1. The topological polar surface area (TPSA) is 57.6 Å². The van der Waals surface area contributed by atoms with E-state index in [1.54, 1.807) is 18.2 Å². The van der Waals surface area contributed by atoms with Gasteiger partial charge in [-0.1, -0.05) is 29.3 Å². The molecule has 1 aromatic rings. The number of aliphatic carboxylic acids is 1. The van der Waals surface area contributed by atoms with Gasteiger partial charge in [0, 0.05) is 39.7 Å². The van der Waals surface area contributed by atoms with Crippen LogP contribution in [0, 0.1) is 0 Å². The molecule has 7 heteroatoms. The number of carboxylic acids is 1. The molecule has 0 aliphatic carbocycles. The van der Waals surface area contributed by atoms with Gasteiger partial charge in [0.25, 0.3) is 0 Å². The van der Waals surface area contributed by atoms with E-state index in [0.29, 0.717) is 27.9 Å². The first-order chi connectivity index (χ1) is 10.0. The summed E-state index contributed by atoms with van der Waals surface area (Å²) in [5.41, 5.74) is 0.549. The summed E-state index contributed by atoms with van der Waals surface area (Å²) in [6, 6.07) is 4.28. The number of benzene rings is 1. The maximum absolute atomic E-state index is 12.2. The maximum atomic E-state index is 12.2. The molecule has 1 fully saturated rings. The fourth-order valence-electron chi connectivity index (χ4n) is 1.99. The zero-order valence-electron chi connectivity index (χ0n) is 11.0. The van der Waals surface area contributed by atoms with Gasteiger partial charge in [-0.2, -0.15) is 11.8 Å². The Morgan fingerprint density at radius 2 is 2.00 bits per heavy atom. The third kappa shape index (κ3) is 3.93. The summed E-state index contributed by atoms with van der Waals surface area (Å²) < 4.78 is 0. The van der Waals surface area contributed by atoms with Gasteiger partial charge in [0.05, 0.1) is 0 Å². The van der Waals surface area contributed by atoms with Crippen LogP contribution in [0.1, 0.15) is 5.56 Å². The van der Waals surface area contributed by atoms with Crippen LogP contribution in [-0.4, -0.2) is 46.0 Å². The number of amides is 1. The van der Waals surface area contributed by atoms with Crippen molar-refractivity contribution in [2.75, 3.05) is 18.1 Å². The van der Waals surface area contributed by atoms with Gasteiger partial charge in [-0.3, -0.25) is 4.79 Å². The van der Waals surface area contributed by atoms with Crippen LogP contribution in [0.2, 0.25) is 10.0 Å². The Balaban J connectivity index is 2.16. The second-order valence-corrected chi connectivity index (χ2v) is 6.39. The molecule has 1 aromatic carbocycles. The number of rotatable bonds is 3. The van der Waals surface area contributed by atoms with E-state index in [0.717, 1.165) is 5.75 Å². The summed E-state index contributed by atoms with van der Waals surface area (Å²) in [5.74, 6) is -0.198. The fourth-order valence-corrected chi connectivity index (χ4v) is 3.55. The van der Waals surface area contributed by atoms with Crippen LogP contribution in [-0.2, 0) is 9.59 Å². The number of carbonyl (C=O) groups excluding carboxylic acids is 1. The molecule has 0 radical (unpaired) electrons. The molecule has 1 N–H and O–H groups in total. The van der Waals surface area contributed by atoms with Crippen LogP contribution in [0.3, 0.4) is 0 Å². The summed E-state index contributed by atoms with van der Waals surface area (Å²) >= 11 is 13.6. The molecule has 0 spiro atoms. The van der Waals surface area contributed by atoms with Crippen molar-refractivity contribution in [1.82, 2.24) is 4.90 Å². The van der Waals surface area contributed by atoms with Crippen LogP contribution in [0.4, 0.5) is 0 Å². The number of thioether (sulfide) groups is 1. The lowest BCUT2D eigenvalue weighted by atomic mass is 10.2. The Hall–Kier alpha value is -1.17. The van der Waals surface area contributed by atoms with Crippen LogP contribution >= 0.6 is 35.0 Å². The zero-order valence-corrected chi connectivity index (χ0v) is 13.3. The number of hydrogen-bond acceptors (Lipinski definition) is 3. The predicted octanol–water partition coefficient (Wildman–Crippen LogP) is 3.04. The van der Waals surface area contributed by atoms with Gasteiger partial charge < -0.3 is 10.0 Å². The van der Waals surface area contributed by atoms with Gasteiger partial charge in [-0.05, 0) is 18.2 Å². The first-order valence-electron chi connectivity index (χ1n) is 6.24. The van der Waals surface area contributed by atoms with E-state index in [-0.39, 0.29) is 5.91 Å². The minimum absolute atomic E-state index is 0.348. The summed E-state index contributed by atoms with van der Waals surface area (Å²) in [4.78, 5) is 24.7. The normalized spacial score (nSPS) is 19.0. The molecule has 1 unspecified atom stereocenters. The summed E-state index contributed by atoms with van der Waals surface area (Å²) in [6.07, 6.45) is 2.84. The number of carboxylic acid groups (broad SMARTS) is 1. The van der Waals surface area contributed by atoms with Crippen molar-refractivity contribution < 1.29 is 14.7 Å².